The average molecular weight is 454 g/mol. The topological polar surface area (TPSA) is 118 Å². The molecule has 9 heteroatoms. The van der Waals surface area contributed by atoms with Crippen LogP contribution in [0, 0.1) is 6.92 Å². The normalized spacial score (nSPS) is 12.2. The Morgan fingerprint density at radius 2 is 1.86 bits per heavy atom. The number of hydrogen-bond acceptors (Lipinski definition) is 7. The molecule has 1 atom stereocenters. The van der Waals surface area contributed by atoms with Crippen LogP contribution in [0.25, 0.3) is 22.4 Å². The Morgan fingerprint density at radius 1 is 1.10 bits per heavy atom. The van der Waals surface area contributed by atoms with Gasteiger partial charge in [-0.1, -0.05) is 0 Å². The second-order valence-corrected chi connectivity index (χ2v) is 7.59. The summed E-state index contributed by atoms with van der Waals surface area (Å²) in [6.07, 6.45) is 1.56. The van der Waals surface area contributed by atoms with E-state index in [2.05, 4.69) is 30.9 Å². The van der Waals surface area contributed by atoms with Crippen molar-refractivity contribution in [2.24, 2.45) is 0 Å². The Kier molecular flexibility index (Phi) is 5.06. The van der Waals surface area contributed by atoms with Crippen LogP contribution in [0.2, 0.25) is 0 Å². The highest BCUT2D eigenvalue weighted by Gasteiger charge is 2.15. The van der Waals surface area contributed by atoms with E-state index in [1.165, 1.54) is 0 Å². The van der Waals surface area contributed by atoms with Gasteiger partial charge in [0.15, 0.2) is 5.65 Å². The lowest BCUT2D eigenvalue weighted by Crippen LogP contribution is -2.21. The predicted octanol–water partition coefficient (Wildman–Crippen LogP) is 3.59. The Bertz CT molecular complexity index is 1170. The van der Waals surface area contributed by atoms with Crippen molar-refractivity contribution in [3.05, 3.63) is 52.9 Å². The van der Waals surface area contributed by atoms with Crippen LogP contribution in [0.1, 0.15) is 12.7 Å². The molecule has 4 aromatic rings. The summed E-state index contributed by atoms with van der Waals surface area (Å²) >= 11 is 3.46. The largest absolute Gasteiger partial charge is 0.472 e. The first-order chi connectivity index (χ1) is 13.9. The lowest BCUT2D eigenvalue weighted by Gasteiger charge is -2.16. The third-order valence-electron chi connectivity index (χ3n) is 4.42. The maximum atomic E-state index is 5.99. The van der Waals surface area contributed by atoms with E-state index in [4.69, 9.17) is 21.2 Å². The van der Waals surface area contributed by atoms with Crippen molar-refractivity contribution in [2.45, 2.75) is 26.5 Å². The number of nitrogens with zero attached hydrogens (tertiary/aromatic N) is 5. The Balaban J connectivity index is 1.67. The molecule has 0 saturated carbocycles. The van der Waals surface area contributed by atoms with Crippen LogP contribution in [-0.4, -0.2) is 30.6 Å². The summed E-state index contributed by atoms with van der Waals surface area (Å²) in [7, 11) is 0. The molecule has 0 amide bonds. The van der Waals surface area contributed by atoms with Crippen LogP contribution < -0.4 is 16.2 Å². The van der Waals surface area contributed by atoms with Crippen molar-refractivity contribution in [3.8, 4) is 17.1 Å². The van der Waals surface area contributed by atoms with Crippen molar-refractivity contribution in [3.63, 3.8) is 0 Å². The van der Waals surface area contributed by atoms with Gasteiger partial charge in [0.1, 0.15) is 29.1 Å². The van der Waals surface area contributed by atoms with E-state index < -0.39 is 0 Å². The van der Waals surface area contributed by atoms with E-state index in [-0.39, 0.29) is 6.10 Å². The number of aryl methyl sites for hydroxylation is 1. The number of aromatic nitrogens is 5. The molecule has 0 bridgehead atoms. The van der Waals surface area contributed by atoms with Crippen LogP contribution in [0.15, 0.2) is 47.1 Å². The molecule has 4 aromatic heterocycles. The highest BCUT2D eigenvalue weighted by molar-refractivity contribution is 9.10. The van der Waals surface area contributed by atoms with Gasteiger partial charge in [0.25, 0.3) is 0 Å². The number of anilines is 2. The maximum absolute atomic E-state index is 5.99. The Morgan fingerprint density at radius 3 is 2.59 bits per heavy atom. The molecule has 4 rings (SSSR count). The monoisotopic (exact) mass is 453 g/mol. The van der Waals surface area contributed by atoms with Gasteiger partial charge in [0.05, 0.1) is 16.7 Å². The number of nitrogens with two attached hydrogens (primary N) is 2. The molecular weight excluding hydrogens is 434 g/mol. The van der Waals surface area contributed by atoms with Crippen molar-refractivity contribution in [1.82, 2.24) is 24.5 Å². The SMILES string of the molecule is Cc1nc2ccc(-c3cc(N)nc(N)c3)nc2n1CC(C)Oc1ncccc1Br. The summed E-state index contributed by atoms with van der Waals surface area (Å²) in [5, 5.41) is 0. The summed E-state index contributed by atoms with van der Waals surface area (Å²) in [6, 6.07) is 11.1. The van der Waals surface area contributed by atoms with Crippen molar-refractivity contribution < 1.29 is 4.74 Å². The molecule has 0 fully saturated rings. The first kappa shape index (κ1) is 19.1. The summed E-state index contributed by atoms with van der Waals surface area (Å²) in [5.74, 6) is 2.12. The summed E-state index contributed by atoms with van der Waals surface area (Å²) in [6.45, 7) is 4.51. The third-order valence-corrected chi connectivity index (χ3v) is 5.02. The van der Waals surface area contributed by atoms with E-state index >= 15 is 0 Å². The summed E-state index contributed by atoms with van der Waals surface area (Å²) in [5.41, 5.74) is 14.8. The van der Waals surface area contributed by atoms with Crippen LogP contribution in [-0.2, 0) is 6.54 Å². The predicted molar refractivity (Wildman–Crippen MR) is 116 cm³/mol. The second-order valence-electron chi connectivity index (χ2n) is 6.73. The van der Waals surface area contributed by atoms with Crippen molar-refractivity contribution in [2.75, 3.05) is 11.5 Å². The fourth-order valence-corrected chi connectivity index (χ4v) is 3.51. The van der Waals surface area contributed by atoms with Crippen molar-refractivity contribution >= 4 is 38.7 Å². The zero-order chi connectivity index (χ0) is 20.5. The lowest BCUT2D eigenvalue weighted by molar-refractivity contribution is 0.190. The van der Waals surface area contributed by atoms with Gasteiger partial charge in [0.2, 0.25) is 5.88 Å². The van der Waals surface area contributed by atoms with E-state index in [0.717, 1.165) is 32.7 Å². The minimum Gasteiger partial charge on any atom is -0.472 e. The van der Waals surface area contributed by atoms with Gasteiger partial charge in [-0.05, 0) is 66.2 Å². The molecule has 29 heavy (non-hydrogen) atoms. The zero-order valence-electron chi connectivity index (χ0n) is 16.0. The molecule has 0 saturated heterocycles. The molecule has 0 spiro atoms. The quantitative estimate of drug-likeness (QED) is 0.473. The van der Waals surface area contributed by atoms with Gasteiger partial charge in [-0.3, -0.25) is 0 Å². The molecule has 4 heterocycles. The molecular formula is C20H20BrN7O. The number of fused-ring (bicyclic) bond motifs is 1. The van der Waals surface area contributed by atoms with E-state index in [9.17, 15) is 0 Å². The fourth-order valence-electron chi connectivity index (χ4n) is 3.16. The standard InChI is InChI=1S/C20H20BrN7O/c1-11(29-20-14(21)4-3-7-24-20)10-28-12(2)25-16-6-5-15(26-19(16)28)13-8-17(22)27-18(23)9-13/h3-9,11H,10H2,1-2H3,(H4,22,23,27). The smallest absolute Gasteiger partial charge is 0.228 e. The minimum absolute atomic E-state index is 0.144. The molecule has 8 nitrogen and oxygen atoms in total. The number of ether oxygens (including phenoxy) is 1. The van der Waals surface area contributed by atoms with Crippen LogP contribution in [0.4, 0.5) is 11.6 Å². The maximum Gasteiger partial charge on any atom is 0.228 e. The number of hydrogen-bond donors (Lipinski definition) is 2. The van der Waals surface area contributed by atoms with Gasteiger partial charge < -0.3 is 20.8 Å². The highest BCUT2D eigenvalue weighted by Crippen LogP contribution is 2.25. The van der Waals surface area contributed by atoms with Gasteiger partial charge in [-0.15, -0.1) is 0 Å². The molecule has 0 aliphatic heterocycles. The average Bonchev–Trinajstić information content (AvgIpc) is 2.97. The van der Waals surface area contributed by atoms with Gasteiger partial charge >= 0.3 is 0 Å². The van der Waals surface area contributed by atoms with Crippen molar-refractivity contribution in [1.29, 1.82) is 0 Å². The molecule has 0 radical (unpaired) electrons. The minimum atomic E-state index is -0.144. The molecule has 0 aromatic carbocycles. The summed E-state index contributed by atoms with van der Waals surface area (Å²) in [4.78, 5) is 17.7. The second kappa shape index (κ2) is 7.67. The number of halogens is 1. The molecule has 148 valence electrons. The summed E-state index contributed by atoms with van der Waals surface area (Å²) < 4.78 is 8.84. The molecule has 4 N–H and O–H groups in total. The number of pyridine rings is 3. The first-order valence-electron chi connectivity index (χ1n) is 9.05. The van der Waals surface area contributed by atoms with E-state index in [1.807, 2.05) is 42.7 Å². The Hall–Kier alpha value is -3.20. The Labute approximate surface area is 176 Å². The van der Waals surface area contributed by atoms with Gasteiger partial charge in [0, 0.05) is 11.8 Å². The molecule has 1 unspecified atom stereocenters. The van der Waals surface area contributed by atoms with Crippen LogP contribution in [0.5, 0.6) is 5.88 Å². The number of rotatable bonds is 5. The lowest BCUT2D eigenvalue weighted by atomic mass is 10.1. The first-order valence-corrected chi connectivity index (χ1v) is 9.84. The van der Waals surface area contributed by atoms with Crippen LogP contribution in [0.3, 0.4) is 0 Å². The molecule has 0 aliphatic carbocycles. The fraction of sp³-hybridized carbons (Fsp3) is 0.200. The third kappa shape index (κ3) is 4.00. The zero-order valence-corrected chi connectivity index (χ0v) is 17.6. The van der Waals surface area contributed by atoms with Crippen LogP contribution >= 0.6 is 15.9 Å². The molecule has 0 aliphatic rings. The number of nitrogen functional groups attached to an aromatic ring is 2. The van der Waals surface area contributed by atoms with Gasteiger partial charge in [-0.25, -0.2) is 19.9 Å². The van der Waals surface area contributed by atoms with Gasteiger partial charge in [-0.2, -0.15) is 0 Å². The van der Waals surface area contributed by atoms with E-state index in [0.29, 0.717) is 24.1 Å². The highest BCUT2D eigenvalue weighted by atomic mass is 79.9. The van der Waals surface area contributed by atoms with E-state index in [1.54, 1.807) is 18.3 Å². The number of imidazole rings is 1.